The minimum atomic E-state index is -0.877. The summed E-state index contributed by atoms with van der Waals surface area (Å²) in [5.41, 5.74) is 3.66. The lowest BCUT2D eigenvalue weighted by Crippen LogP contribution is -1.97. The number of hydrogen-bond acceptors (Lipinski definition) is 11. The van der Waals surface area contributed by atoms with Gasteiger partial charge in [0.1, 0.15) is 0 Å². The highest BCUT2D eigenvalue weighted by Crippen LogP contribution is 2.50. The van der Waals surface area contributed by atoms with Gasteiger partial charge in [-0.15, -0.1) is 79.4 Å². The number of rotatable bonds is 18. The normalized spacial score (nSPS) is 11.4. The van der Waals surface area contributed by atoms with Crippen LogP contribution >= 0.6 is 103 Å². The zero-order valence-corrected chi connectivity index (χ0v) is 36.7. The van der Waals surface area contributed by atoms with Gasteiger partial charge >= 0.3 is 23.9 Å². The van der Waals surface area contributed by atoms with Crippen LogP contribution in [0.3, 0.4) is 0 Å². The smallest absolute Gasteiger partial charge is 0.303 e. The van der Waals surface area contributed by atoms with Crippen LogP contribution in [0.2, 0.25) is 8.67 Å². The third-order valence-corrected chi connectivity index (χ3v) is 18.1. The molecule has 0 bridgehead atoms. The first-order valence-corrected chi connectivity index (χ1v) is 23.8. The second kappa shape index (κ2) is 18.1. The van der Waals surface area contributed by atoms with Gasteiger partial charge in [0.05, 0.1) is 8.67 Å². The van der Waals surface area contributed by atoms with Crippen LogP contribution in [0.25, 0.3) is 58.5 Å². The van der Waals surface area contributed by atoms with Gasteiger partial charge in [0, 0.05) is 84.2 Å². The van der Waals surface area contributed by atoms with Gasteiger partial charge in [0.15, 0.2) is 0 Å². The molecule has 0 spiro atoms. The largest absolute Gasteiger partial charge is 0.481 e. The number of carboxylic acid groups (broad SMARTS) is 4. The summed E-state index contributed by atoms with van der Waals surface area (Å²) in [7, 11) is 0. The molecule has 294 valence electrons. The molecule has 7 aromatic rings. The van der Waals surface area contributed by atoms with E-state index in [4.69, 9.17) is 23.2 Å². The number of carbonyl (C=O) groups is 4. The fourth-order valence-electron chi connectivity index (χ4n) is 6.20. The predicted octanol–water partition coefficient (Wildman–Crippen LogP) is 13.5. The number of hydrogen-bond donors (Lipinski definition) is 4. The molecule has 4 N–H and O–H groups in total. The molecule has 57 heavy (non-hydrogen) atoms. The van der Waals surface area contributed by atoms with Crippen molar-refractivity contribution in [3.63, 3.8) is 0 Å². The van der Waals surface area contributed by atoms with Gasteiger partial charge < -0.3 is 20.4 Å². The summed E-state index contributed by atoms with van der Waals surface area (Å²) in [4.78, 5) is 57.7. The predicted molar refractivity (Wildman–Crippen MR) is 238 cm³/mol. The number of thiophene rings is 7. The van der Waals surface area contributed by atoms with Crippen LogP contribution in [-0.4, -0.2) is 44.3 Å². The third kappa shape index (κ3) is 9.98. The summed E-state index contributed by atoms with van der Waals surface area (Å²) in [6, 6.07) is 20.0. The topological polar surface area (TPSA) is 149 Å². The summed E-state index contributed by atoms with van der Waals surface area (Å²) in [6.45, 7) is 0. The molecular formula is C40H30Cl2O8S7. The zero-order valence-electron chi connectivity index (χ0n) is 29.5. The standard InChI is InChI=1S/C40H30Cl2O8S7/c41-31-17-21(3-13-35(47)48)39(56-31)27-9-7-25(52-27)37-19(1-11-33(43)44)15-29(54-37)23-5-6-24(51-23)30-16-20(2-12-34(45)46)38(55-30)26-8-10-28(53-26)40-22(4-14-36(49)50)18-32(42)57-40/h5-10,15-18H,1-4,11-14H2,(H,43,44)(H,45,46)(H,47,48)(H,49,50). The molecule has 0 unspecified atom stereocenters. The molecule has 0 saturated heterocycles. The van der Waals surface area contributed by atoms with Gasteiger partial charge in [0.2, 0.25) is 0 Å². The molecule has 0 aliphatic carbocycles. The maximum atomic E-state index is 11.6. The average molecular weight is 934 g/mol. The van der Waals surface area contributed by atoms with Crippen molar-refractivity contribution in [2.45, 2.75) is 51.4 Å². The van der Waals surface area contributed by atoms with Crippen LogP contribution in [0.1, 0.15) is 47.9 Å². The minimum absolute atomic E-state index is 0.00374. The number of carboxylic acids is 4. The first kappa shape index (κ1) is 41.5. The van der Waals surface area contributed by atoms with Crippen molar-refractivity contribution in [2.24, 2.45) is 0 Å². The molecule has 17 heteroatoms. The van der Waals surface area contributed by atoms with E-state index >= 15 is 0 Å². The van der Waals surface area contributed by atoms with E-state index < -0.39 is 23.9 Å². The van der Waals surface area contributed by atoms with Crippen molar-refractivity contribution in [3.8, 4) is 58.5 Å². The lowest BCUT2D eigenvalue weighted by molar-refractivity contribution is -0.138. The van der Waals surface area contributed by atoms with E-state index in [9.17, 15) is 39.6 Å². The van der Waals surface area contributed by atoms with Crippen LogP contribution in [0.15, 0.2) is 60.7 Å². The summed E-state index contributed by atoms with van der Waals surface area (Å²) in [5, 5.41) is 37.6. The van der Waals surface area contributed by atoms with Crippen molar-refractivity contribution < 1.29 is 39.6 Å². The Morgan fingerprint density at radius 3 is 0.947 bits per heavy atom. The molecule has 8 nitrogen and oxygen atoms in total. The number of aliphatic carboxylic acids is 4. The first-order chi connectivity index (χ1) is 27.3. The maximum Gasteiger partial charge on any atom is 0.303 e. The van der Waals surface area contributed by atoms with Crippen LogP contribution in [-0.2, 0) is 44.9 Å². The summed E-state index contributed by atoms with van der Waals surface area (Å²) < 4.78 is 1.18. The van der Waals surface area contributed by atoms with Crippen molar-refractivity contribution in [3.05, 3.63) is 91.6 Å². The van der Waals surface area contributed by atoms with E-state index in [2.05, 4.69) is 24.3 Å². The number of aryl methyl sites for hydroxylation is 4. The molecule has 0 aliphatic rings. The molecular weight excluding hydrogens is 904 g/mol. The Balaban J connectivity index is 1.19. The molecule has 0 aromatic carbocycles. The van der Waals surface area contributed by atoms with E-state index in [1.807, 2.05) is 36.4 Å². The van der Waals surface area contributed by atoms with E-state index in [0.29, 0.717) is 34.4 Å². The van der Waals surface area contributed by atoms with Crippen molar-refractivity contribution in [1.29, 1.82) is 0 Å². The van der Waals surface area contributed by atoms with Crippen LogP contribution in [0, 0.1) is 0 Å². The Morgan fingerprint density at radius 1 is 0.368 bits per heavy atom. The lowest BCUT2D eigenvalue weighted by Gasteiger charge is -2.01. The zero-order chi connectivity index (χ0) is 40.4. The quantitative estimate of drug-likeness (QED) is 0.0664. The Kier molecular flexibility index (Phi) is 13.2. The minimum Gasteiger partial charge on any atom is -0.481 e. The van der Waals surface area contributed by atoms with Gasteiger partial charge in [-0.25, -0.2) is 0 Å². The Bertz CT molecular complexity index is 2440. The molecule has 0 aliphatic heterocycles. The van der Waals surface area contributed by atoms with Crippen molar-refractivity contribution in [1.82, 2.24) is 0 Å². The maximum absolute atomic E-state index is 11.6. The van der Waals surface area contributed by atoms with Gasteiger partial charge in [-0.3, -0.25) is 19.2 Å². The van der Waals surface area contributed by atoms with Gasteiger partial charge in [0.25, 0.3) is 0 Å². The first-order valence-electron chi connectivity index (χ1n) is 17.3. The summed E-state index contributed by atoms with van der Waals surface area (Å²) in [5.74, 6) is -3.50. The Hall–Kier alpha value is -3.64. The van der Waals surface area contributed by atoms with E-state index in [-0.39, 0.29) is 25.7 Å². The van der Waals surface area contributed by atoms with Gasteiger partial charge in [-0.05, 0) is 109 Å². The molecule has 0 fully saturated rings. The molecule has 0 amide bonds. The van der Waals surface area contributed by atoms with Crippen molar-refractivity contribution in [2.75, 3.05) is 0 Å². The molecule has 7 heterocycles. The second-order valence-electron chi connectivity index (χ2n) is 12.8. The average Bonchev–Trinajstić information content (AvgIpc) is 3.99. The van der Waals surface area contributed by atoms with E-state index in [0.717, 1.165) is 80.8 Å². The SMILES string of the molecule is O=C(O)CCc1cc(Cl)sc1-c1ccc(-c2sc(-c3ccc(-c4cc(CCC(=O)O)c(-c5ccc(-c6sc(Cl)cc6CCC(=O)O)s5)s4)s3)cc2CCC(=O)O)s1. The highest BCUT2D eigenvalue weighted by atomic mass is 35.5. The molecule has 0 atom stereocenters. The highest BCUT2D eigenvalue weighted by Gasteiger charge is 2.22. The second-order valence-corrected chi connectivity index (χ2v) is 21.5. The Morgan fingerprint density at radius 2 is 0.632 bits per heavy atom. The molecule has 7 rings (SSSR count). The van der Waals surface area contributed by atoms with E-state index in [1.54, 1.807) is 56.7 Å². The molecule has 0 saturated carbocycles. The monoisotopic (exact) mass is 932 g/mol. The highest BCUT2D eigenvalue weighted by molar-refractivity contribution is 7.31. The van der Waals surface area contributed by atoms with Crippen LogP contribution in [0.5, 0.6) is 0 Å². The van der Waals surface area contributed by atoms with Gasteiger partial charge in [-0.1, -0.05) is 23.2 Å². The third-order valence-electron chi connectivity index (χ3n) is 8.81. The van der Waals surface area contributed by atoms with Crippen LogP contribution in [0.4, 0.5) is 0 Å². The number of halogens is 2. The van der Waals surface area contributed by atoms with E-state index in [1.165, 1.54) is 22.7 Å². The molecule has 0 radical (unpaired) electrons. The Labute approximate surface area is 364 Å². The lowest BCUT2D eigenvalue weighted by atomic mass is 10.1. The fourth-order valence-corrected chi connectivity index (χ4v) is 15.0. The summed E-state index contributed by atoms with van der Waals surface area (Å²) in [6.07, 6.45) is 1.46. The van der Waals surface area contributed by atoms with Crippen LogP contribution < -0.4 is 0 Å². The fraction of sp³-hybridized carbons (Fsp3) is 0.200. The van der Waals surface area contributed by atoms with Gasteiger partial charge in [-0.2, -0.15) is 0 Å². The summed E-state index contributed by atoms with van der Waals surface area (Å²) >= 11 is 23.6. The van der Waals surface area contributed by atoms with Crippen molar-refractivity contribution >= 4 is 126 Å². The molecule has 7 aromatic heterocycles.